The third kappa shape index (κ3) is 4.46. The summed E-state index contributed by atoms with van der Waals surface area (Å²) >= 11 is 6.21. The van der Waals surface area contributed by atoms with Gasteiger partial charge in [0.1, 0.15) is 0 Å². The lowest BCUT2D eigenvalue weighted by Gasteiger charge is -2.14. The number of aromatic nitrogens is 3. The van der Waals surface area contributed by atoms with Gasteiger partial charge in [0.2, 0.25) is 5.69 Å². The van der Waals surface area contributed by atoms with Crippen molar-refractivity contribution >= 4 is 17.5 Å². The molecule has 0 saturated heterocycles. The molecule has 0 spiro atoms. The van der Waals surface area contributed by atoms with E-state index in [2.05, 4.69) is 10.4 Å². The van der Waals surface area contributed by atoms with E-state index < -0.39 is 17.2 Å². The lowest BCUT2D eigenvalue weighted by molar-refractivity contribution is 0.0929. The fourth-order valence-electron chi connectivity index (χ4n) is 2.73. The standard InChI is InChI=1S/C21H21ClN4O3/c1-3-14(2)23-19(27)18-20(28)25(13-15-9-7-8-12-17(15)22)21(29)26(24-18)16-10-5-4-6-11-16/h4-12,14H,3,13H2,1-2H3,(H,23,27)/t14-/m1/s1. The zero-order chi connectivity index (χ0) is 21.0. The highest BCUT2D eigenvalue weighted by Gasteiger charge is 2.21. The second kappa shape index (κ2) is 8.87. The van der Waals surface area contributed by atoms with Crippen LogP contribution in [-0.2, 0) is 6.54 Å². The fraction of sp³-hybridized carbons (Fsp3) is 0.238. The van der Waals surface area contributed by atoms with E-state index in [9.17, 15) is 14.4 Å². The highest BCUT2D eigenvalue weighted by atomic mass is 35.5. The van der Waals surface area contributed by atoms with Crippen LogP contribution in [0.4, 0.5) is 0 Å². The first-order chi connectivity index (χ1) is 13.9. The first kappa shape index (κ1) is 20.5. The second-order valence-electron chi connectivity index (χ2n) is 6.64. The maximum absolute atomic E-state index is 13.0. The number of hydrogen-bond acceptors (Lipinski definition) is 4. The maximum atomic E-state index is 13.0. The lowest BCUT2D eigenvalue weighted by atomic mass is 10.2. The normalized spacial score (nSPS) is 11.8. The van der Waals surface area contributed by atoms with Crippen LogP contribution < -0.4 is 16.6 Å². The molecule has 0 radical (unpaired) electrons. The zero-order valence-corrected chi connectivity index (χ0v) is 16.9. The molecule has 0 unspecified atom stereocenters. The van der Waals surface area contributed by atoms with E-state index in [1.54, 1.807) is 54.6 Å². The Morgan fingerprint density at radius 3 is 2.41 bits per heavy atom. The van der Waals surface area contributed by atoms with Gasteiger partial charge in [-0.1, -0.05) is 54.9 Å². The highest BCUT2D eigenvalue weighted by molar-refractivity contribution is 6.31. The van der Waals surface area contributed by atoms with E-state index in [0.717, 1.165) is 9.25 Å². The van der Waals surface area contributed by atoms with Crippen molar-refractivity contribution in [2.45, 2.75) is 32.9 Å². The number of nitrogens with zero attached hydrogens (tertiary/aromatic N) is 3. The molecule has 3 aromatic rings. The Balaban J connectivity index is 2.19. The molecule has 0 aliphatic carbocycles. The van der Waals surface area contributed by atoms with E-state index in [4.69, 9.17) is 11.6 Å². The molecule has 1 heterocycles. The van der Waals surface area contributed by atoms with E-state index >= 15 is 0 Å². The monoisotopic (exact) mass is 412 g/mol. The van der Waals surface area contributed by atoms with Crippen molar-refractivity contribution in [1.82, 2.24) is 19.7 Å². The van der Waals surface area contributed by atoms with Gasteiger partial charge in [-0.05, 0) is 37.1 Å². The predicted molar refractivity (Wildman–Crippen MR) is 112 cm³/mol. The van der Waals surface area contributed by atoms with Crippen LogP contribution in [-0.4, -0.2) is 26.3 Å². The molecule has 0 bridgehead atoms. The molecule has 0 aliphatic rings. The van der Waals surface area contributed by atoms with Crippen LogP contribution in [0.15, 0.2) is 64.2 Å². The second-order valence-corrected chi connectivity index (χ2v) is 7.05. The zero-order valence-electron chi connectivity index (χ0n) is 16.1. The number of carbonyl (C=O) groups is 1. The summed E-state index contributed by atoms with van der Waals surface area (Å²) in [5.74, 6) is -0.623. The number of amides is 1. The minimum Gasteiger partial charge on any atom is -0.348 e. The lowest BCUT2D eigenvalue weighted by Crippen LogP contribution is -2.47. The third-order valence-electron chi connectivity index (χ3n) is 4.55. The number of halogens is 1. The number of rotatable bonds is 6. The summed E-state index contributed by atoms with van der Waals surface area (Å²) in [5.41, 5.74) is -0.722. The summed E-state index contributed by atoms with van der Waals surface area (Å²) in [6.07, 6.45) is 0.692. The molecule has 7 nitrogen and oxygen atoms in total. The topological polar surface area (TPSA) is 86.0 Å². The van der Waals surface area contributed by atoms with Crippen LogP contribution in [0.1, 0.15) is 36.3 Å². The molecule has 1 N–H and O–H groups in total. The van der Waals surface area contributed by atoms with Crippen molar-refractivity contribution in [3.8, 4) is 5.69 Å². The number of nitrogens with one attached hydrogen (secondary N) is 1. The Morgan fingerprint density at radius 1 is 1.10 bits per heavy atom. The van der Waals surface area contributed by atoms with E-state index in [-0.39, 0.29) is 18.3 Å². The fourth-order valence-corrected chi connectivity index (χ4v) is 2.92. The van der Waals surface area contributed by atoms with Crippen LogP contribution in [0.5, 0.6) is 0 Å². The smallest absolute Gasteiger partial charge is 0.348 e. The largest absolute Gasteiger partial charge is 0.352 e. The summed E-state index contributed by atoms with van der Waals surface area (Å²) in [6.45, 7) is 3.67. The van der Waals surface area contributed by atoms with Gasteiger partial charge < -0.3 is 5.32 Å². The van der Waals surface area contributed by atoms with Gasteiger partial charge in [0.25, 0.3) is 11.5 Å². The summed E-state index contributed by atoms with van der Waals surface area (Å²) in [7, 11) is 0. The van der Waals surface area contributed by atoms with E-state index in [1.165, 1.54) is 0 Å². The molecular formula is C21H21ClN4O3. The molecule has 2 aromatic carbocycles. The van der Waals surface area contributed by atoms with Crippen LogP contribution in [0.2, 0.25) is 5.02 Å². The Kier molecular flexibility index (Phi) is 6.29. The minimum absolute atomic E-state index is 0.0731. The number of carbonyl (C=O) groups excluding carboxylic acids is 1. The summed E-state index contributed by atoms with van der Waals surface area (Å²) < 4.78 is 2.04. The first-order valence-corrected chi connectivity index (χ1v) is 9.64. The number of para-hydroxylation sites is 1. The molecule has 0 fully saturated rings. The van der Waals surface area contributed by atoms with Crippen molar-refractivity contribution < 1.29 is 4.79 Å². The minimum atomic E-state index is -0.761. The first-order valence-electron chi connectivity index (χ1n) is 9.26. The summed E-state index contributed by atoms with van der Waals surface area (Å²) in [5, 5.41) is 7.23. The Labute approximate surface area is 172 Å². The average molecular weight is 413 g/mol. The molecule has 1 atom stereocenters. The van der Waals surface area contributed by atoms with Gasteiger partial charge in [-0.25, -0.2) is 4.79 Å². The van der Waals surface area contributed by atoms with Crippen molar-refractivity contribution in [1.29, 1.82) is 0 Å². The average Bonchev–Trinajstić information content (AvgIpc) is 2.73. The van der Waals surface area contributed by atoms with Gasteiger partial charge in [0.15, 0.2) is 0 Å². The number of benzene rings is 2. The van der Waals surface area contributed by atoms with E-state index in [1.807, 2.05) is 13.8 Å². The van der Waals surface area contributed by atoms with E-state index in [0.29, 0.717) is 22.7 Å². The maximum Gasteiger partial charge on any atom is 0.352 e. The van der Waals surface area contributed by atoms with Gasteiger partial charge in [-0.15, -0.1) is 0 Å². The van der Waals surface area contributed by atoms with Crippen molar-refractivity contribution in [3.05, 3.63) is 91.7 Å². The van der Waals surface area contributed by atoms with Gasteiger partial charge in [0, 0.05) is 11.1 Å². The molecule has 0 aliphatic heterocycles. The highest BCUT2D eigenvalue weighted by Crippen LogP contribution is 2.15. The van der Waals surface area contributed by atoms with Crippen molar-refractivity contribution in [2.24, 2.45) is 0 Å². The Hall–Kier alpha value is -3.19. The van der Waals surface area contributed by atoms with Crippen LogP contribution >= 0.6 is 11.6 Å². The van der Waals surface area contributed by atoms with Gasteiger partial charge in [-0.3, -0.25) is 14.2 Å². The SMILES string of the molecule is CC[C@@H](C)NC(=O)c1nn(-c2ccccc2)c(=O)n(Cc2ccccc2Cl)c1=O. The summed E-state index contributed by atoms with van der Waals surface area (Å²) in [4.78, 5) is 38.7. The molecule has 1 aromatic heterocycles. The molecule has 29 heavy (non-hydrogen) atoms. The Bertz CT molecular complexity index is 1140. The van der Waals surface area contributed by atoms with Crippen LogP contribution in [0, 0.1) is 0 Å². The van der Waals surface area contributed by atoms with Gasteiger partial charge in [0.05, 0.1) is 12.2 Å². The predicted octanol–water partition coefficient (Wildman–Crippen LogP) is 2.62. The molecule has 3 rings (SSSR count). The van der Waals surface area contributed by atoms with Crippen LogP contribution in [0.25, 0.3) is 5.69 Å². The quantitative estimate of drug-likeness (QED) is 0.674. The molecule has 8 heteroatoms. The van der Waals surface area contributed by atoms with Gasteiger partial charge in [-0.2, -0.15) is 9.78 Å². The molecular weight excluding hydrogens is 392 g/mol. The molecule has 150 valence electrons. The Morgan fingerprint density at radius 2 is 1.76 bits per heavy atom. The van der Waals surface area contributed by atoms with Gasteiger partial charge >= 0.3 is 5.69 Å². The van der Waals surface area contributed by atoms with Crippen molar-refractivity contribution in [2.75, 3.05) is 0 Å². The molecule has 0 saturated carbocycles. The van der Waals surface area contributed by atoms with Crippen molar-refractivity contribution in [3.63, 3.8) is 0 Å². The molecule has 1 amide bonds. The third-order valence-corrected chi connectivity index (χ3v) is 4.92. The summed E-state index contributed by atoms with van der Waals surface area (Å²) in [6, 6.07) is 15.4. The number of hydrogen-bond donors (Lipinski definition) is 1. The van der Waals surface area contributed by atoms with Crippen LogP contribution in [0.3, 0.4) is 0 Å².